The van der Waals surface area contributed by atoms with Crippen LogP contribution in [0.25, 0.3) is 6.08 Å². The third-order valence-corrected chi connectivity index (χ3v) is 9.58. The summed E-state index contributed by atoms with van der Waals surface area (Å²) < 4.78 is 14.7. The van der Waals surface area contributed by atoms with Gasteiger partial charge >= 0.3 is 0 Å². The lowest BCUT2D eigenvalue weighted by atomic mass is 9.68. The van der Waals surface area contributed by atoms with Crippen LogP contribution in [-0.4, -0.2) is 0 Å². The zero-order valence-electron chi connectivity index (χ0n) is 22.8. The molecule has 2 aliphatic rings. The lowest BCUT2D eigenvalue weighted by Gasteiger charge is -2.38. The largest absolute Gasteiger partial charge is 0.205 e. The van der Waals surface area contributed by atoms with E-state index in [2.05, 4.69) is 19.9 Å². The zero-order valence-corrected chi connectivity index (χ0v) is 23.6. The molecule has 0 aliphatic heterocycles. The Morgan fingerprint density at radius 1 is 0.771 bits per heavy atom. The second-order valence-corrected chi connectivity index (χ2v) is 12.2. The van der Waals surface area contributed by atoms with Crippen LogP contribution in [0.1, 0.15) is 141 Å². The van der Waals surface area contributed by atoms with E-state index in [0.717, 1.165) is 54.1 Å². The fourth-order valence-corrected chi connectivity index (χ4v) is 7.02. The molecule has 0 nitrogen and oxygen atoms in total. The van der Waals surface area contributed by atoms with Gasteiger partial charge in [-0.05, 0) is 86.2 Å². The molecule has 0 bridgehead atoms. The van der Waals surface area contributed by atoms with E-state index in [9.17, 15) is 4.39 Å². The van der Waals surface area contributed by atoms with Crippen molar-refractivity contribution in [3.05, 3.63) is 40.2 Å². The van der Waals surface area contributed by atoms with Gasteiger partial charge in [0.15, 0.2) is 0 Å². The van der Waals surface area contributed by atoms with Crippen molar-refractivity contribution in [3.63, 3.8) is 0 Å². The molecule has 0 atom stereocenters. The summed E-state index contributed by atoms with van der Waals surface area (Å²) in [5.74, 6) is 3.72. The Bertz CT molecular complexity index is 738. The number of hydrogen-bond donors (Lipinski definition) is 0. The topological polar surface area (TPSA) is 0 Å². The van der Waals surface area contributed by atoms with Gasteiger partial charge < -0.3 is 0 Å². The van der Waals surface area contributed by atoms with E-state index in [4.69, 9.17) is 11.6 Å². The average Bonchev–Trinajstić information content (AvgIpc) is 2.89. The molecule has 1 aromatic carbocycles. The third kappa shape index (κ3) is 9.53. The van der Waals surface area contributed by atoms with Gasteiger partial charge in [-0.1, -0.05) is 120 Å². The summed E-state index contributed by atoms with van der Waals surface area (Å²) in [6, 6.07) is 3.95. The first-order valence-corrected chi connectivity index (χ1v) is 15.6. The summed E-state index contributed by atoms with van der Waals surface area (Å²) >= 11 is 6.39. The molecule has 198 valence electrons. The van der Waals surface area contributed by atoms with E-state index in [1.54, 1.807) is 0 Å². The highest BCUT2D eigenvalue weighted by Gasteiger charge is 2.30. The van der Waals surface area contributed by atoms with Crippen molar-refractivity contribution < 1.29 is 4.39 Å². The van der Waals surface area contributed by atoms with Crippen LogP contribution in [0.3, 0.4) is 0 Å². The first-order valence-electron chi connectivity index (χ1n) is 15.3. The van der Waals surface area contributed by atoms with Crippen molar-refractivity contribution in [3.8, 4) is 0 Å². The van der Waals surface area contributed by atoms with E-state index in [0.29, 0.717) is 5.02 Å². The van der Waals surface area contributed by atoms with E-state index >= 15 is 0 Å². The average molecular weight is 503 g/mol. The van der Waals surface area contributed by atoms with Crippen LogP contribution >= 0.6 is 11.6 Å². The van der Waals surface area contributed by atoms with Gasteiger partial charge in [-0.2, -0.15) is 0 Å². The molecular formula is C33H52ClF. The fraction of sp³-hybridized carbons (Fsp3) is 0.758. The van der Waals surface area contributed by atoms with Crippen LogP contribution < -0.4 is 0 Å². The Morgan fingerprint density at radius 3 is 2.00 bits per heavy atom. The Labute approximate surface area is 221 Å². The second-order valence-electron chi connectivity index (χ2n) is 11.8. The number of allylic oxidation sites excluding steroid dienone is 1. The van der Waals surface area contributed by atoms with Gasteiger partial charge in [0, 0.05) is 0 Å². The molecule has 0 unspecified atom stereocenters. The summed E-state index contributed by atoms with van der Waals surface area (Å²) in [5.41, 5.74) is 1.60. The van der Waals surface area contributed by atoms with Crippen molar-refractivity contribution in [2.24, 2.45) is 23.7 Å². The number of benzene rings is 1. The molecule has 0 N–H and O–H groups in total. The molecule has 0 spiro atoms. The van der Waals surface area contributed by atoms with Crippen LogP contribution in [0.5, 0.6) is 0 Å². The Balaban J connectivity index is 1.34. The Morgan fingerprint density at radius 2 is 1.37 bits per heavy atom. The van der Waals surface area contributed by atoms with Gasteiger partial charge in [0.05, 0.1) is 5.02 Å². The minimum atomic E-state index is -0.206. The monoisotopic (exact) mass is 502 g/mol. The molecule has 0 saturated heterocycles. The van der Waals surface area contributed by atoms with Crippen LogP contribution in [0.2, 0.25) is 5.02 Å². The van der Waals surface area contributed by atoms with Gasteiger partial charge in [-0.15, -0.1) is 0 Å². The zero-order chi connectivity index (χ0) is 24.9. The van der Waals surface area contributed by atoms with Crippen molar-refractivity contribution in [2.45, 2.75) is 136 Å². The first-order chi connectivity index (χ1) is 17.1. The molecule has 35 heavy (non-hydrogen) atoms. The molecule has 0 amide bonds. The van der Waals surface area contributed by atoms with Crippen LogP contribution in [0.15, 0.2) is 18.2 Å². The fourth-order valence-electron chi connectivity index (χ4n) is 6.78. The van der Waals surface area contributed by atoms with E-state index < -0.39 is 0 Å². The van der Waals surface area contributed by atoms with Crippen LogP contribution in [0, 0.1) is 29.5 Å². The standard InChI is InChI=1S/C33H52ClF/c1-3-5-7-8-9-15-31-25-24-30(32(34)33(31)35)14-11-10-13-27-18-22-29(23-19-27)28-20-16-26(17-21-28)12-6-4-2/h11,14,24-29H,3-10,12-13,15-23H2,1-2H3. The summed E-state index contributed by atoms with van der Waals surface area (Å²) in [7, 11) is 0. The molecule has 0 radical (unpaired) electrons. The van der Waals surface area contributed by atoms with E-state index in [1.807, 2.05) is 18.2 Å². The number of unbranched alkanes of at least 4 members (excludes halogenated alkanes) is 5. The quantitative estimate of drug-likeness (QED) is 0.222. The SMILES string of the molecule is CCCCCCCc1ccc(C=CCCC2CCC(C3CCC(CCCC)CC3)CC2)c(Cl)c1F. The van der Waals surface area contributed by atoms with Gasteiger partial charge in [0.25, 0.3) is 0 Å². The Hall–Kier alpha value is -0.820. The van der Waals surface area contributed by atoms with Crippen LogP contribution in [-0.2, 0) is 6.42 Å². The first kappa shape index (κ1) is 28.7. The molecule has 0 aromatic heterocycles. The Kier molecular flexibility index (Phi) is 13.2. The maximum Gasteiger partial charge on any atom is 0.145 e. The molecule has 2 saturated carbocycles. The van der Waals surface area contributed by atoms with Gasteiger partial charge in [-0.3, -0.25) is 0 Å². The lowest BCUT2D eigenvalue weighted by molar-refractivity contribution is 0.141. The maximum absolute atomic E-state index is 14.7. The van der Waals surface area contributed by atoms with E-state index in [1.165, 1.54) is 103 Å². The van der Waals surface area contributed by atoms with Crippen molar-refractivity contribution in [1.29, 1.82) is 0 Å². The number of rotatable bonds is 14. The van der Waals surface area contributed by atoms with Gasteiger partial charge in [0.1, 0.15) is 5.82 Å². The van der Waals surface area contributed by atoms with Crippen molar-refractivity contribution in [2.75, 3.05) is 0 Å². The highest BCUT2D eigenvalue weighted by molar-refractivity contribution is 6.32. The molecule has 1 aromatic rings. The predicted octanol–water partition coefficient (Wildman–Crippen LogP) is 11.6. The summed E-state index contributed by atoms with van der Waals surface area (Å²) in [6.45, 7) is 4.54. The molecule has 2 heteroatoms. The predicted molar refractivity (Wildman–Crippen MR) is 153 cm³/mol. The van der Waals surface area contributed by atoms with Gasteiger partial charge in [-0.25, -0.2) is 4.39 Å². The summed E-state index contributed by atoms with van der Waals surface area (Å²) in [5, 5.41) is 0.303. The number of halogens is 2. The normalized spacial score (nSPS) is 25.4. The molecule has 2 aliphatic carbocycles. The number of hydrogen-bond acceptors (Lipinski definition) is 0. The molecular weight excluding hydrogens is 451 g/mol. The van der Waals surface area contributed by atoms with Crippen molar-refractivity contribution in [1.82, 2.24) is 0 Å². The highest BCUT2D eigenvalue weighted by Crippen LogP contribution is 2.43. The third-order valence-electron chi connectivity index (χ3n) is 9.20. The van der Waals surface area contributed by atoms with Crippen LogP contribution in [0.4, 0.5) is 4.39 Å². The summed E-state index contributed by atoms with van der Waals surface area (Å²) in [6.07, 6.45) is 29.4. The van der Waals surface area contributed by atoms with E-state index in [-0.39, 0.29) is 5.82 Å². The highest BCUT2D eigenvalue weighted by atomic mass is 35.5. The maximum atomic E-state index is 14.7. The minimum absolute atomic E-state index is 0.206. The second kappa shape index (κ2) is 16.1. The molecule has 0 heterocycles. The number of aryl methyl sites for hydroxylation is 1. The lowest BCUT2D eigenvalue weighted by Crippen LogP contribution is -2.25. The molecule has 2 fully saturated rings. The summed E-state index contributed by atoms with van der Waals surface area (Å²) in [4.78, 5) is 0. The van der Waals surface area contributed by atoms with Gasteiger partial charge in [0.2, 0.25) is 0 Å². The molecule has 3 rings (SSSR count). The smallest absolute Gasteiger partial charge is 0.145 e. The minimum Gasteiger partial charge on any atom is -0.205 e. The van der Waals surface area contributed by atoms with Crippen molar-refractivity contribution >= 4 is 17.7 Å².